The number of esters is 1. The second-order valence-electron chi connectivity index (χ2n) is 9.06. The van der Waals surface area contributed by atoms with E-state index < -0.39 is 12.0 Å². The van der Waals surface area contributed by atoms with E-state index >= 15 is 0 Å². The third kappa shape index (κ3) is 5.24. The summed E-state index contributed by atoms with van der Waals surface area (Å²) in [5.41, 5.74) is 4.64. The Morgan fingerprint density at radius 2 is 1.71 bits per heavy atom. The average Bonchev–Trinajstić information content (AvgIpc) is 3.22. The van der Waals surface area contributed by atoms with Crippen molar-refractivity contribution in [2.24, 2.45) is 4.99 Å². The lowest BCUT2D eigenvalue weighted by Gasteiger charge is -2.24. The Balaban J connectivity index is 1.51. The molecule has 0 saturated heterocycles. The van der Waals surface area contributed by atoms with Crippen LogP contribution in [0.15, 0.2) is 99.9 Å². The molecule has 0 radical (unpaired) electrons. The van der Waals surface area contributed by atoms with Crippen LogP contribution in [-0.4, -0.2) is 17.1 Å². The third-order valence-electron chi connectivity index (χ3n) is 6.34. The van der Waals surface area contributed by atoms with Crippen LogP contribution < -0.4 is 19.6 Å². The van der Waals surface area contributed by atoms with Crippen LogP contribution in [0.5, 0.6) is 5.75 Å². The van der Waals surface area contributed by atoms with Gasteiger partial charge in [0.05, 0.1) is 28.5 Å². The molecule has 1 aromatic heterocycles. The fourth-order valence-corrected chi connectivity index (χ4v) is 5.45. The summed E-state index contributed by atoms with van der Waals surface area (Å²) in [6.45, 7) is 6.28. The molecule has 6 nitrogen and oxygen atoms in total. The van der Waals surface area contributed by atoms with Crippen molar-refractivity contribution < 1.29 is 14.3 Å². The van der Waals surface area contributed by atoms with Crippen molar-refractivity contribution in [3.05, 3.63) is 132 Å². The number of aromatic nitrogens is 1. The number of benzene rings is 3. The maximum absolute atomic E-state index is 13.7. The number of fused-ring (bicyclic) bond motifs is 1. The zero-order valence-electron chi connectivity index (χ0n) is 21.5. The van der Waals surface area contributed by atoms with E-state index in [-0.39, 0.29) is 12.2 Å². The summed E-state index contributed by atoms with van der Waals surface area (Å²) in [6.07, 6.45) is 1.85. The maximum Gasteiger partial charge on any atom is 0.338 e. The fourth-order valence-electron chi connectivity index (χ4n) is 4.41. The first kappa shape index (κ1) is 25.4. The lowest BCUT2D eigenvalue weighted by atomic mass is 9.95. The number of nitrogens with zero attached hydrogens (tertiary/aromatic N) is 2. The number of allylic oxidation sites excluding steroid dienone is 1. The summed E-state index contributed by atoms with van der Waals surface area (Å²) in [5.74, 6) is 0.293. The molecule has 4 aromatic rings. The fraction of sp³-hybridized carbons (Fsp3) is 0.194. The Labute approximate surface area is 224 Å². The molecule has 0 spiro atoms. The molecule has 1 aliphatic heterocycles. The molecule has 5 rings (SSSR count). The van der Waals surface area contributed by atoms with Gasteiger partial charge in [-0.15, -0.1) is 0 Å². The van der Waals surface area contributed by atoms with Crippen LogP contribution in [-0.2, 0) is 16.1 Å². The molecular weight excluding hydrogens is 496 g/mol. The second-order valence-corrected chi connectivity index (χ2v) is 10.1. The van der Waals surface area contributed by atoms with E-state index in [0.29, 0.717) is 27.2 Å². The molecule has 0 aliphatic carbocycles. The van der Waals surface area contributed by atoms with Crippen LogP contribution in [0.3, 0.4) is 0 Å². The minimum atomic E-state index is -0.609. The molecule has 2 heterocycles. The van der Waals surface area contributed by atoms with E-state index in [1.54, 1.807) is 18.4 Å². The van der Waals surface area contributed by atoms with Crippen molar-refractivity contribution in [2.45, 2.75) is 33.4 Å². The highest BCUT2D eigenvalue weighted by atomic mass is 32.1. The van der Waals surface area contributed by atoms with Gasteiger partial charge in [-0.2, -0.15) is 0 Å². The lowest BCUT2D eigenvalue weighted by molar-refractivity contribution is -0.139. The molecule has 0 bridgehead atoms. The van der Waals surface area contributed by atoms with Gasteiger partial charge in [0, 0.05) is 0 Å². The molecule has 0 fully saturated rings. The molecule has 3 aromatic carbocycles. The number of thiazole rings is 1. The number of hydrogen-bond acceptors (Lipinski definition) is 6. The van der Waals surface area contributed by atoms with Gasteiger partial charge < -0.3 is 9.47 Å². The van der Waals surface area contributed by atoms with Crippen molar-refractivity contribution >= 4 is 23.4 Å². The molecule has 1 aliphatic rings. The van der Waals surface area contributed by atoms with Gasteiger partial charge in [0.2, 0.25) is 0 Å². The van der Waals surface area contributed by atoms with Gasteiger partial charge >= 0.3 is 5.97 Å². The first-order valence-corrected chi connectivity index (χ1v) is 13.3. The first-order valence-electron chi connectivity index (χ1n) is 12.5. The predicted molar refractivity (Wildman–Crippen MR) is 149 cm³/mol. The molecule has 38 heavy (non-hydrogen) atoms. The monoisotopic (exact) mass is 524 g/mol. The minimum Gasteiger partial charge on any atom is -0.489 e. The number of carbonyl (C=O) groups is 1. The zero-order chi connectivity index (χ0) is 26.6. The molecule has 1 unspecified atom stereocenters. The number of carbonyl (C=O) groups excluding carboxylic acids is 1. The standard InChI is InChI=1S/C31H28N2O4S/c1-4-36-30(35)27-21(3)32-31-33(28(27)24-14-10-20(2)11-15-24)29(34)26(38-31)18-22-12-16-25(17-13-22)37-19-23-8-6-5-7-9-23/h5-18,28H,4,19H2,1-3H3/b26-18-. The van der Waals surface area contributed by atoms with E-state index in [1.165, 1.54) is 11.3 Å². The van der Waals surface area contributed by atoms with Crippen LogP contribution in [0.2, 0.25) is 0 Å². The van der Waals surface area contributed by atoms with Gasteiger partial charge in [0.1, 0.15) is 12.4 Å². The smallest absolute Gasteiger partial charge is 0.338 e. The molecule has 1 atom stereocenters. The van der Waals surface area contributed by atoms with E-state index in [1.807, 2.05) is 91.9 Å². The molecule has 0 saturated carbocycles. The topological polar surface area (TPSA) is 69.9 Å². The van der Waals surface area contributed by atoms with Crippen LogP contribution in [0, 0.1) is 6.92 Å². The van der Waals surface area contributed by atoms with Gasteiger partial charge in [-0.1, -0.05) is 83.6 Å². The van der Waals surface area contributed by atoms with Crippen LogP contribution in [0.25, 0.3) is 6.08 Å². The summed E-state index contributed by atoms with van der Waals surface area (Å²) in [4.78, 5) is 31.9. The van der Waals surface area contributed by atoms with Crippen LogP contribution in [0.4, 0.5) is 0 Å². The van der Waals surface area contributed by atoms with Crippen LogP contribution in [0.1, 0.15) is 42.1 Å². The largest absolute Gasteiger partial charge is 0.489 e. The average molecular weight is 525 g/mol. The van der Waals surface area contributed by atoms with Crippen molar-refractivity contribution in [1.29, 1.82) is 0 Å². The van der Waals surface area contributed by atoms with Crippen molar-refractivity contribution in [1.82, 2.24) is 4.57 Å². The van der Waals surface area contributed by atoms with Gasteiger partial charge in [-0.25, -0.2) is 9.79 Å². The highest BCUT2D eigenvalue weighted by molar-refractivity contribution is 7.07. The number of hydrogen-bond donors (Lipinski definition) is 0. The Kier molecular flexibility index (Phi) is 7.38. The van der Waals surface area contributed by atoms with Crippen molar-refractivity contribution in [2.75, 3.05) is 6.61 Å². The lowest BCUT2D eigenvalue weighted by Crippen LogP contribution is -2.39. The van der Waals surface area contributed by atoms with Gasteiger partial charge in [-0.3, -0.25) is 9.36 Å². The Hall–Kier alpha value is -4.23. The number of aryl methyl sites for hydroxylation is 1. The van der Waals surface area contributed by atoms with Gasteiger partial charge in [-0.05, 0) is 55.7 Å². The number of rotatable bonds is 7. The van der Waals surface area contributed by atoms with Crippen LogP contribution >= 0.6 is 11.3 Å². The van der Waals surface area contributed by atoms with E-state index in [4.69, 9.17) is 9.47 Å². The maximum atomic E-state index is 13.7. The van der Waals surface area contributed by atoms with E-state index in [9.17, 15) is 9.59 Å². The molecular formula is C31H28N2O4S. The molecule has 0 amide bonds. The summed E-state index contributed by atoms with van der Waals surface area (Å²) in [6, 6.07) is 24.9. The molecule has 7 heteroatoms. The number of ether oxygens (including phenoxy) is 2. The second kappa shape index (κ2) is 11.0. The predicted octanol–water partition coefficient (Wildman–Crippen LogP) is 4.69. The molecule has 0 N–H and O–H groups in total. The summed E-state index contributed by atoms with van der Waals surface area (Å²) < 4.78 is 13.4. The highest BCUT2D eigenvalue weighted by Gasteiger charge is 2.33. The van der Waals surface area contributed by atoms with Gasteiger partial charge in [0.15, 0.2) is 4.80 Å². The SMILES string of the molecule is CCOC(=O)C1=C(C)N=c2s/c(=C\c3ccc(OCc4ccccc4)cc3)c(=O)n2C1c1ccc(C)cc1. The first-order chi connectivity index (χ1) is 18.4. The third-order valence-corrected chi connectivity index (χ3v) is 7.32. The summed E-state index contributed by atoms with van der Waals surface area (Å²) >= 11 is 1.31. The summed E-state index contributed by atoms with van der Waals surface area (Å²) in [7, 11) is 0. The Morgan fingerprint density at radius 3 is 2.39 bits per heavy atom. The van der Waals surface area contributed by atoms with E-state index in [2.05, 4.69) is 4.99 Å². The Morgan fingerprint density at radius 1 is 1.00 bits per heavy atom. The van der Waals surface area contributed by atoms with Crippen molar-refractivity contribution in [3.8, 4) is 5.75 Å². The highest BCUT2D eigenvalue weighted by Crippen LogP contribution is 2.30. The minimum absolute atomic E-state index is 0.196. The van der Waals surface area contributed by atoms with Gasteiger partial charge in [0.25, 0.3) is 5.56 Å². The normalized spacial score (nSPS) is 15.1. The van der Waals surface area contributed by atoms with E-state index in [0.717, 1.165) is 28.0 Å². The summed E-state index contributed by atoms with van der Waals surface area (Å²) in [5, 5.41) is 0. The quantitative estimate of drug-likeness (QED) is 0.329. The zero-order valence-corrected chi connectivity index (χ0v) is 22.3. The van der Waals surface area contributed by atoms with Crippen molar-refractivity contribution in [3.63, 3.8) is 0 Å². The molecule has 192 valence electrons. The Bertz CT molecular complexity index is 1670.